The fraction of sp³-hybridized carbons (Fsp3) is 0.667. The number of ether oxygens (including phenoxy) is 2. The summed E-state index contributed by atoms with van der Waals surface area (Å²) >= 11 is 0. The third-order valence-electron chi connectivity index (χ3n) is 3.20. The summed E-state index contributed by atoms with van der Waals surface area (Å²) in [4.78, 5) is 18.9. The first-order valence-corrected chi connectivity index (χ1v) is 6.62. The van der Waals surface area contributed by atoms with Crippen molar-refractivity contribution in [2.24, 2.45) is 0 Å². The van der Waals surface area contributed by atoms with Crippen LogP contribution in [0.3, 0.4) is 0 Å². The number of H-pyrrole nitrogens is 1. The van der Waals surface area contributed by atoms with Gasteiger partial charge in [0.1, 0.15) is 11.9 Å². The van der Waals surface area contributed by atoms with Gasteiger partial charge in [-0.15, -0.1) is 5.10 Å². The van der Waals surface area contributed by atoms with E-state index in [0.717, 1.165) is 0 Å². The molecule has 108 valence electrons. The van der Waals surface area contributed by atoms with Crippen LogP contribution < -0.4 is 5.56 Å². The van der Waals surface area contributed by atoms with Gasteiger partial charge in [0.05, 0.1) is 13.2 Å². The average molecular weight is 279 g/mol. The minimum absolute atomic E-state index is 0.124. The van der Waals surface area contributed by atoms with E-state index >= 15 is 0 Å². The van der Waals surface area contributed by atoms with Crippen molar-refractivity contribution in [3.05, 3.63) is 16.2 Å². The molecule has 1 aliphatic heterocycles. The number of fused-ring (bicyclic) bond motifs is 1. The monoisotopic (exact) mass is 279 g/mol. The molecule has 8 heteroatoms. The van der Waals surface area contributed by atoms with Crippen LogP contribution in [-0.4, -0.2) is 43.5 Å². The summed E-state index contributed by atoms with van der Waals surface area (Å²) in [7, 11) is 0. The number of aromatic amines is 1. The van der Waals surface area contributed by atoms with Gasteiger partial charge in [0.15, 0.2) is 17.0 Å². The van der Waals surface area contributed by atoms with E-state index < -0.39 is 5.79 Å². The van der Waals surface area contributed by atoms with Crippen molar-refractivity contribution in [1.82, 2.24) is 25.0 Å². The van der Waals surface area contributed by atoms with Crippen LogP contribution in [0.5, 0.6) is 0 Å². The summed E-state index contributed by atoms with van der Waals surface area (Å²) in [6, 6.07) is 0. The average Bonchev–Trinajstić information content (AvgIpc) is 2.94. The van der Waals surface area contributed by atoms with Gasteiger partial charge in [-0.1, -0.05) is 12.1 Å². The summed E-state index contributed by atoms with van der Waals surface area (Å²) in [5, 5.41) is 7.87. The summed E-state index contributed by atoms with van der Waals surface area (Å²) in [5.74, 6) is 0.0375. The highest BCUT2D eigenvalue weighted by atomic mass is 16.7. The van der Waals surface area contributed by atoms with E-state index in [2.05, 4.69) is 20.3 Å². The fourth-order valence-corrected chi connectivity index (χ4v) is 2.25. The molecule has 1 atom stereocenters. The van der Waals surface area contributed by atoms with Crippen molar-refractivity contribution in [3.8, 4) is 0 Å². The minimum atomic E-state index is -0.583. The predicted molar refractivity (Wildman–Crippen MR) is 70.2 cm³/mol. The molecule has 0 saturated carbocycles. The van der Waals surface area contributed by atoms with Crippen molar-refractivity contribution < 1.29 is 9.47 Å². The second kappa shape index (κ2) is 4.64. The van der Waals surface area contributed by atoms with Gasteiger partial charge in [-0.3, -0.25) is 4.79 Å². The van der Waals surface area contributed by atoms with E-state index in [-0.39, 0.29) is 17.2 Å². The molecule has 2 aromatic rings. The SMILES string of the molecule is CCc1nc2c(nnn2CC2COC(C)(C)O2)c(=O)[nH]1. The largest absolute Gasteiger partial charge is 0.348 e. The van der Waals surface area contributed by atoms with E-state index in [1.54, 1.807) is 4.68 Å². The normalized spacial score (nSPS) is 21.6. The molecule has 1 aliphatic rings. The van der Waals surface area contributed by atoms with Crippen LogP contribution in [0, 0.1) is 0 Å². The van der Waals surface area contributed by atoms with Gasteiger partial charge >= 0.3 is 0 Å². The molecular formula is C12H17N5O3. The van der Waals surface area contributed by atoms with Gasteiger partial charge in [0.2, 0.25) is 0 Å². The van der Waals surface area contributed by atoms with Crippen molar-refractivity contribution in [3.63, 3.8) is 0 Å². The fourth-order valence-electron chi connectivity index (χ4n) is 2.25. The third kappa shape index (κ3) is 2.32. The Hall–Kier alpha value is -1.80. The Bertz CT molecular complexity index is 690. The molecular weight excluding hydrogens is 262 g/mol. The lowest BCUT2D eigenvalue weighted by Gasteiger charge is -2.16. The predicted octanol–water partition coefficient (Wildman–Crippen LogP) is 0.228. The second-order valence-corrected chi connectivity index (χ2v) is 5.26. The van der Waals surface area contributed by atoms with Crippen LogP contribution in [0.15, 0.2) is 4.79 Å². The first-order chi connectivity index (χ1) is 9.48. The smallest absolute Gasteiger partial charge is 0.281 e. The zero-order valence-electron chi connectivity index (χ0n) is 11.7. The van der Waals surface area contributed by atoms with Crippen LogP contribution in [0.4, 0.5) is 0 Å². The molecule has 0 aliphatic carbocycles. The molecule has 1 N–H and O–H groups in total. The molecule has 3 rings (SSSR count). The Morgan fingerprint density at radius 1 is 1.50 bits per heavy atom. The number of hydrogen-bond donors (Lipinski definition) is 1. The molecule has 20 heavy (non-hydrogen) atoms. The molecule has 3 heterocycles. The van der Waals surface area contributed by atoms with Crippen molar-refractivity contribution >= 4 is 11.2 Å². The van der Waals surface area contributed by atoms with Gasteiger partial charge < -0.3 is 14.5 Å². The minimum Gasteiger partial charge on any atom is -0.348 e. The Morgan fingerprint density at radius 3 is 2.95 bits per heavy atom. The second-order valence-electron chi connectivity index (χ2n) is 5.26. The topological polar surface area (TPSA) is 94.9 Å². The van der Waals surface area contributed by atoms with E-state index in [9.17, 15) is 4.79 Å². The number of aryl methyl sites for hydroxylation is 1. The number of hydrogen-bond acceptors (Lipinski definition) is 6. The Morgan fingerprint density at radius 2 is 2.30 bits per heavy atom. The molecule has 0 spiro atoms. The van der Waals surface area contributed by atoms with Crippen molar-refractivity contribution in [1.29, 1.82) is 0 Å². The highest BCUT2D eigenvalue weighted by molar-refractivity contribution is 5.67. The van der Waals surface area contributed by atoms with Crippen LogP contribution in [0.25, 0.3) is 11.2 Å². The summed E-state index contributed by atoms with van der Waals surface area (Å²) in [6.45, 7) is 6.60. The highest BCUT2D eigenvalue weighted by Gasteiger charge is 2.33. The van der Waals surface area contributed by atoms with E-state index in [1.165, 1.54) is 0 Å². The third-order valence-corrected chi connectivity index (χ3v) is 3.20. The molecule has 8 nitrogen and oxygen atoms in total. The van der Waals surface area contributed by atoms with Gasteiger partial charge in [-0.25, -0.2) is 9.67 Å². The van der Waals surface area contributed by atoms with Gasteiger partial charge in [-0.2, -0.15) is 0 Å². The zero-order valence-corrected chi connectivity index (χ0v) is 11.7. The Balaban J connectivity index is 1.92. The van der Waals surface area contributed by atoms with Crippen LogP contribution >= 0.6 is 0 Å². The lowest BCUT2D eigenvalue weighted by atomic mass is 10.3. The van der Waals surface area contributed by atoms with Crippen molar-refractivity contribution in [2.75, 3.05) is 6.61 Å². The van der Waals surface area contributed by atoms with E-state index in [4.69, 9.17) is 9.47 Å². The highest BCUT2D eigenvalue weighted by Crippen LogP contribution is 2.23. The molecule has 1 unspecified atom stereocenters. The maximum absolute atomic E-state index is 11.8. The summed E-state index contributed by atoms with van der Waals surface area (Å²) in [6.07, 6.45) is 0.521. The van der Waals surface area contributed by atoms with Gasteiger partial charge in [0.25, 0.3) is 5.56 Å². The Labute approximate surface area is 115 Å². The first-order valence-electron chi connectivity index (χ1n) is 6.62. The van der Waals surface area contributed by atoms with Crippen LogP contribution in [0.1, 0.15) is 26.6 Å². The number of nitrogens with zero attached hydrogens (tertiary/aromatic N) is 4. The summed E-state index contributed by atoms with van der Waals surface area (Å²) < 4.78 is 12.8. The number of aromatic nitrogens is 5. The van der Waals surface area contributed by atoms with E-state index in [1.807, 2.05) is 20.8 Å². The lowest BCUT2D eigenvalue weighted by Crippen LogP contribution is -2.24. The quantitative estimate of drug-likeness (QED) is 0.864. The molecule has 0 bridgehead atoms. The van der Waals surface area contributed by atoms with Gasteiger partial charge in [-0.05, 0) is 13.8 Å². The number of nitrogens with one attached hydrogen (secondary N) is 1. The molecule has 1 fully saturated rings. The van der Waals surface area contributed by atoms with Crippen molar-refractivity contribution in [2.45, 2.75) is 45.6 Å². The molecule has 0 radical (unpaired) electrons. The zero-order chi connectivity index (χ0) is 14.3. The molecule has 0 aromatic carbocycles. The molecule has 0 amide bonds. The lowest BCUT2D eigenvalue weighted by molar-refractivity contribution is -0.139. The first kappa shape index (κ1) is 13.2. The van der Waals surface area contributed by atoms with E-state index in [0.29, 0.717) is 31.0 Å². The van der Waals surface area contributed by atoms with Gasteiger partial charge in [0, 0.05) is 6.42 Å². The number of rotatable bonds is 3. The summed E-state index contributed by atoms with van der Waals surface area (Å²) in [5.41, 5.74) is 0.473. The molecule has 1 saturated heterocycles. The Kier molecular flexibility index (Phi) is 3.06. The maximum Gasteiger partial charge on any atom is 0.281 e. The standard InChI is InChI=1S/C12H17N5O3/c1-4-8-13-10-9(11(18)14-8)15-16-17(10)5-7-6-19-12(2,3)20-7/h7H,4-6H2,1-3H3,(H,13,14,18). The van der Waals surface area contributed by atoms with Crippen LogP contribution in [0.2, 0.25) is 0 Å². The van der Waals surface area contributed by atoms with Crippen LogP contribution in [-0.2, 0) is 22.4 Å². The molecule has 2 aromatic heterocycles. The maximum atomic E-state index is 11.8.